The highest BCUT2D eigenvalue weighted by atomic mass is 16.7. The van der Waals surface area contributed by atoms with Gasteiger partial charge < -0.3 is 26.1 Å². The molecule has 0 radical (unpaired) electrons. The molecule has 10 heteroatoms. The molecule has 156 valence electrons. The molecule has 0 unspecified atom stereocenters. The number of hydroxylamine groups is 2. The molecule has 0 aliphatic heterocycles. The van der Waals surface area contributed by atoms with Crippen LogP contribution in [0.3, 0.4) is 0 Å². The third kappa shape index (κ3) is 7.92. The van der Waals surface area contributed by atoms with Crippen LogP contribution >= 0.6 is 0 Å². The third-order valence-corrected chi connectivity index (χ3v) is 3.79. The molecule has 0 aliphatic carbocycles. The van der Waals surface area contributed by atoms with Crippen molar-refractivity contribution in [1.29, 1.82) is 0 Å². The number of rotatable bonds is 9. The fourth-order valence-electron chi connectivity index (χ4n) is 2.22. The highest BCUT2D eigenvalue weighted by molar-refractivity contribution is 5.90. The van der Waals surface area contributed by atoms with Gasteiger partial charge in [0.25, 0.3) is 5.91 Å². The first-order chi connectivity index (χ1) is 12.3. The molecule has 5 N–H and O–H groups in total. The second-order valence-corrected chi connectivity index (χ2v) is 7.24. The van der Waals surface area contributed by atoms with Crippen LogP contribution in [-0.2, 0) is 24.0 Å². The maximum atomic E-state index is 12.6. The lowest BCUT2D eigenvalue weighted by Gasteiger charge is -2.31. The minimum Gasteiger partial charge on any atom is -0.480 e. The van der Waals surface area contributed by atoms with Gasteiger partial charge in [0.2, 0.25) is 5.91 Å². The standard InChI is InChI=1S/C17H31N3O7/c1-8(2)7-12(16(24)25)19-15(23)14(10(5)21)20(11(6)22)27-17(26)13(18)9(3)4/h8-10,12-14,21H,7,18H2,1-6H3,(H,19,23)(H,24,25)/t10-,12+,13+,14+/m1/s1. The predicted octanol–water partition coefficient (Wildman–Crippen LogP) is -0.359. The van der Waals surface area contributed by atoms with Crippen LogP contribution in [0.4, 0.5) is 0 Å². The van der Waals surface area contributed by atoms with Crippen LogP contribution in [0.2, 0.25) is 0 Å². The summed E-state index contributed by atoms with van der Waals surface area (Å²) in [4.78, 5) is 52.9. The predicted molar refractivity (Wildman–Crippen MR) is 95.9 cm³/mol. The van der Waals surface area contributed by atoms with Gasteiger partial charge in [-0.3, -0.25) is 9.59 Å². The number of carboxylic acids is 1. The summed E-state index contributed by atoms with van der Waals surface area (Å²) < 4.78 is 0. The van der Waals surface area contributed by atoms with Crippen LogP contribution in [0.15, 0.2) is 0 Å². The van der Waals surface area contributed by atoms with E-state index in [1.165, 1.54) is 6.92 Å². The van der Waals surface area contributed by atoms with Gasteiger partial charge in [-0.1, -0.05) is 27.7 Å². The lowest BCUT2D eigenvalue weighted by atomic mass is 10.0. The molecule has 0 aromatic heterocycles. The van der Waals surface area contributed by atoms with E-state index in [4.69, 9.17) is 10.6 Å². The van der Waals surface area contributed by atoms with Gasteiger partial charge in [-0.2, -0.15) is 5.06 Å². The van der Waals surface area contributed by atoms with Crippen molar-refractivity contribution in [1.82, 2.24) is 10.4 Å². The van der Waals surface area contributed by atoms with Crippen LogP contribution in [0.25, 0.3) is 0 Å². The summed E-state index contributed by atoms with van der Waals surface area (Å²) in [6, 6.07) is -3.89. The molecular formula is C17H31N3O7. The molecule has 0 aromatic rings. The van der Waals surface area contributed by atoms with E-state index in [-0.39, 0.29) is 18.3 Å². The van der Waals surface area contributed by atoms with Crippen LogP contribution in [0.5, 0.6) is 0 Å². The highest BCUT2D eigenvalue weighted by Gasteiger charge is 2.38. The Morgan fingerprint density at radius 2 is 1.63 bits per heavy atom. The van der Waals surface area contributed by atoms with E-state index < -0.39 is 48.0 Å². The molecule has 0 fully saturated rings. The lowest BCUT2D eigenvalue weighted by molar-refractivity contribution is -0.214. The van der Waals surface area contributed by atoms with Crippen molar-refractivity contribution in [3.05, 3.63) is 0 Å². The average Bonchev–Trinajstić information content (AvgIpc) is 2.51. The van der Waals surface area contributed by atoms with E-state index in [9.17, 15) is 29.4 Å². The van der Waals surface area contributed by atoms with Crippen LogP contribution in [0, 0.1) is 11.8 Å². The molecule has 0 saturated carbocycles. The first-order valence-corrected chi connectivity index (χ1v) is 8.77. The summed E-state index contributed by atoms with van der Waals surface area (Å²) in [7, 11) is 0. The van der Waals surface area contributed by atoms with E-state index in [0.717, 1.165) is 6.92 Å². The second kappa shape index (κ2) is 10.8. The van der Waals surface area contributed by atoms with Crippen molar-refractivity contribution in [3.63, 3.8) is 0 Å². The van der Waals surface area contributed by atoms with E-state index in [2.05, 4.69) is 5.32 Å². The number of carbonyl (C=O) groups is 4. The molecule has 2 amide bonds. The summed E-state index contributed by atoms with van der Waals surface area (Å²) in [6.07, 6.45) is -1.29. The van der Waals surface area contributed by atoms with Crippen LogP contribution in [0.1, 0.15) is 48.0 Å². The highest BCUT2D eigenvalue weighted by Crippen LogP contribution is 2.12. The van der Waals surface area contributed by atoms with Crippen LogP contribution < -0.4 is 11.1 Å². The topological polar surface area (TPSA) is 159 Å². The van der Waals surface area contributed by atoms with Gasteiger partial charge in [0, 0.05) is 6.92 Å². The van der Waals surface area contributed by atoms with Crippen LogP contribution in [-0.4, -0.2) is 63.3 Å². The summed E-state index contributed by atoms with van der Waals surface area (Å²) in [5.74, 6) is -4.30. The number of nitrogens with two attached hydrogens (primary N) is 1. The number of aliphatic carboxylic acids is 1. The third-order valence-electron chi connectivity index (χ3n) is 3.79. The van der Waals surface area contributed by atoms with Gasteiger partial charge in [0.15, 0.2) is 6.04 Å². The zero-order chi connectivity index (χ0) is 21.5. The molecule has 0 aliphatic rings. The largest absolute Gasteiger partial charge is 0.480 e. The van der Waals surface area contributed by atoms with Crippen molar-refractivity contribution >= 4 is 23.8 Å². The number of hydrogen-bond acceptors (Lipinski definition) is 7. The fourth-order valence-corrected chi connectivity index (χ4v) is 2.22. The fraction of sp³-hybridized carbons (Fsp3) is 0.765. The summed E-state index contributed by atoms with van der Waals surface area (Å²) >= 11 is 0. The quantitative estimate of drug-likeness (QED) is 0.389. The van der Waals surface area contributed by atoms with Gasteiger partial charge in [-0.15, -0.1) is 0 Å². The van der Waals surface area contributed by atoms with Crippen molar-refractivity contribution in [2.45, 2.75) is 72.2 Å². The Morgan fingerprint density at radius 1 is 1.11 bits per heavy atom. The van der Waals surface area contributed by atoms with Gasteiger partial charge >= 0.3 is 11.9 Å². The number of nitrogens with one attached hydrogen (secondary N) is 1. The first-order valence-electron chi connectivity index (χ1n) is 8.77. The van der Waals surface area contributed by atoms with Crippen molar-refractivity contribution in [3.8, 4) is 0 Å². The van der Waals surface area contributed by atoms with Gasteiger partial charge in [0.05, 0.1) is 6.10 Å². The number of aliphatic hydroxyl groups excluding tert-OH is 1. The minimum atomic E-state index is -1.63. The number of nitrogens with zero attached hydrogens (tertiary/aromatic N) is 1. The Balaban J connectivity index is 5.54. The maximum absolute atomic E-state index is 12.6. The molecule has 0 heterocycles. The minimum absolute atomic E-state index is 0.0258. The maximum Gasteiger partial charge on any atom is 0.349 e. The lowest BCUT2D eigenvalue weighted by Crippen LogP contribution is -2.58. The molecule has 0 saturated heterocycles. The zero-order valence-corrected chi connectivity index (χ0v) is 16.6. The Kier molecular flexibility index (Phi) is 9.95. The van der Waals surface area contributed by atoms with Crippen molar-refractivity contribution in [2.75, 3.05) is 0 Å². The molecule has 27 heavy (non-hydrogen) atoms. The van der Waals surface area contributed by atoms with E-state index in [0.29, 0.717) is 5.06 Å². The molecule has 0 aromatic carbocycles. The van der Waals surface area contributed by atoms with Crippen molar-refractivity contribution in [2.24, 2.45) is 17.6 Å². The van der Waals surface area contributed by atoms with Gasteiger partial charge in [-0.25, -0.2) is 9.59 Å². The molecular weight excluding hydrogens is 358 g/mol. The number of hydrogen-bond donors (Lipinski definition) is 4. The Hall–Kier alpha value is -2.20. The smallest absolute Gasteiger partial charge is 0.349 e. The van der Waals surface area contributed by atoms with Gasteiger partial charge in [0.1, 0.15) is 12.1 Å². The Bertz CT molecular complexity index is 549. The van der Waals surface area contributed by atoms with E-state index in [1.807, 2.05) is 0 Å². The molecule has 0 bridgehead atoms. The van der Waals surface area contributed by atoms with E-state index in [1.54, 1.807) is 27.7 Å². The monoisotopic (exact) mass is 389 g/mol. The first kappa shape index (κ1) is 24.8. The van der Waals surface area contributed by atoms with Crippen molar-refractivity contribution < 1.29 is 34.2 Å². The summed E-state index contributed by atoms with van der Waals surface area (Å²) in [5.41, 5.74) is 5.68. The van der Waals surface area contributed by atoms with Gasteiger partial charge in [-0.05, 0) is 25.2 Å². The normalized spacial score (nSPS) is 15.6. The second-order valence-electron chi connectivity index (χ2n) is 7.24. The van der Waals surface area contributed by atoms with E-state index >= 15 is 0 Å². The number of carbonyl (C=O) groups excluding carboxylic acids is 3. The number of aliphatic hydroxyl groups is 1. The number of amides is 2. The zero-order valence-electron chi connectivity index (χ0n) is 16.6. The number of carboxylic acid groups (broad SMARTS) is 1. The summed E-state index contributed by atoms with van der Waals surface area (Å²) in [5, 5.41) is 21.9. The SMILES string of the molecule is CC(=O)N(OC(=O)[C@@H](N)C(C)C)[C@H](C(=O)N[C@@H](CC(C)C)C(=O)O)[C@@H](C)O. The molecule has 10 nitrogen and oxygen atoms in total. The molecule has 0 spiro atoms. The summed E-state index contributed by atoms with van der Waals surface area (Å²) in [6.45, 7) is 9.17. The molecule has 0 rings (SSSR count). The Labute approximate surface area is 159 Å². The molecule has 4 atom stereocenters. The Morgan fingerprint density at radius 3 is 1.96 bits per heavy atom. The average molecular weight is 389 g/mol.